The Kier molecular flexibility index (Phi) is 4.02. The number of hydrogen-bond acceptors (Lipinski definition) is 5. The maximum Gasteiger partial charge on any atom is 0.296 e. The fourth-order valence-electron chi connectivity index (χ4n) is 4.93. The molecule has 1 amide bonds. The summed E-state index contributed by atoms with van der Waals surface area (Å²) in [7, 11) is 0. The first-order valence-corrected chi connectivity index (χ1v) is 10.1. The summed E-state index contributed by atoms with van der Waals surface area (Å²) in [6, 6.07) is 9.02. The Morgan fingerprint density at radius 2 is 1.85 bits per heavy atom. The van der Waals surface area contributed by atoms with E-state index in [9.17, 15) is 4.79 Å². The Morgan fingerprint density at radius 1 is 1.11 bits per heavy atom. The number of likely N-dealkylation sites (tertiary alicyclic amines) is 2. The van der Waals surface area contributed by atoms with Crippen molar-refractivity contribution in [2.45, 2.75) is 50.4 Å². The zero-order valence-electron chi connectivity index (χ0n) is 15.9. The molecule has 0 radical (unpaired) electrons. The molecule has 144 valence electrons. The monoisotopic (exact) mass is 369 g/mol. The molecule has 1 aromatic carbocycles. The van der Waals surface area contributed by atoms with Crippen LogP contribution in [0.1, 0.15) is 43.7 Å². The number of nitrogens with zero attached hydrogens (tertiary/aromatic N) is 3. The number of amides is 1. The van der Waals surface area contributed by atoms with Gasteiger partial charge >= 0.3 is 0 Å². The van der Waals surface area contributed by atoms with Gasteiger partial charge in [0.25, 0.3) is 11.9 Å². The first kappa shape index (κ1) is 17.2. The maximum atomic E-state index is 12.6. The van der Waals surface area contributed by atoms with E-state index in [0.717, 1.165) is 39.0 Å². The second kappa shape index (κ2) is 6.31. The van der Waals surface area contributed by atoms with Crippen molar-refractivity contribution in [1.82, 2.24) is 9.80 Å². The summed E-state index contributed by atoms with van der Waals surface area (Å²) in [5, 5.41) is 0. The number of rotatable bonds is 2. The first-order chi connectivity index (χ1) is 13.1. The van der Waals surface area contributed by atoms with E-state index in [-0.39, 0.29) is 11.5 Å². The van der Waals surface area contributed by atoms with Crippen LogP contribution in [0.3, 0.4) is 0 Å². The minimum atomic E-state index is -0.842. The lowest BCUT2D eigenvalue weighted by molar-refractivity contribution is -0.131. The highest BCUT2D eigenvalue weighted by Crippen LogP contribution is 2.44. The normalized spacial score (nSPS) is 29.9. The average molecular weight is 369 g/mol. The van der Waals surface area contributed by atoms with Gasteiger partial charge in [-0.3, -0.25) is 9.69 Å². The van der Waals surface area contributed by atoms with Crippen molar-refractivity contribution >= 4 is 11.9 Å². The number of aliphatic imine (C=N–C) groups is 1. The highest BCUT2D eigenvalue weighted by Gasteiger charge is 2.48. The molecule has 0 saturated carbocycles. The predicted octanol–water partition coefficient (Wildman–Crippen LogP) is 2.28. The summed E-state index contributed by atoms with van der Waals surface area (Å²) >= 11 is 0. The van der Waals surface area contributed by atoms with Crippen molar-refractivity contribution in [2.75, 3.05) is 32.7 Å². The van der Waals surface area contributed by atoms with Crippen LogP contribution in [0.15, 0.2) is 29.3 Å². The predicted molar refractivity (Wildman–Crippen MR) is 101 cm³/mol. The van der Waals surface area contributed by atoms with E-state index < -0.39 is 5.60 Å². The van der Waals surface area contributed by atoms with Crippen LogP contribution in [0, 0.1) is 0 Å². The van der Waals surface area contributed by atoms with Crippen molar-refractivity contribution in [1.29, 1.82) is 0 Å². The summed E-state index contributed by atoms with van der Waals surface area (Å²) in [5.74, 6) is -0.146. The van der Waals surface area contributed by atoms with Crippen LogP contribution in [-0.4, -0.2) is 60.1 Å². The minimum Gasteiger partial charge on any atom is -0.447 e. The lowest BCUT2D eigenvalue weighted by Gasteiger charge is -2.40. The van der Waals surface area contributed by atoms with Gasteiger partial charge in [0.15, 0.2) is 0 Å². The quantitative estimate of drug-likeness (QED) is 0.801. The van der Waals surface area contributed by atoms with Gasteiger partial charge in [-0.1, -0.05) is 24.3 Å². The summed E-state index contributed by atoms with van der Waals surface area (Å²) in [5.41, 5.74) is 1.60. The van der Waals surface area contributed by atoms with Crippen molar-refractivity contribution in [3.63, 3.8) is 0 Å². The topological polar surface area (TPSA) is 54.4 Å². The van der Waals surface area contributed by atoms with Crippen LogP contribution in [0.25, 0.3) is 0 Å². The third-order valence-electron chi connectivity index (χ3n) is 6.54. The van der Waals surface area contributed by atoms with Gasteiger partial charge in [0.05, 0.1) is 12.2 Å². The number of carbonyl (C=O) groups excluding carboxylic acids is 1. The molecule has 4 aliphatic rings. The van der Waals surface area contributed by atoms with Gasteiger partial charge in [0.1, 0.15) is 0 Å². The molecule has 0 aromatic heterocycles. The number of fused-ring (bicyclic) bond motifs is 2. The van der Waals surface area contributed by atoms with E-state index in [0.29, 0.717) is 19.2 Å². The zero-order valence-corrected chi connectivity index (χ0v) is 15.9. The molecule has 1 spiro atoms. The summed E-state index contributed by atoms with van der Waals surface area (Å²) in [6.45, 7) is 6.88. The molecule has 1 unspecified atom stereocenters. The summed E-state index contributed by atoms with van der Waals surface area (Å²) in [6.07, 6.45) is 4.19. The molecule has 4 heterocycles. The fourth-order valence-corrected chi connectivity index (χ4v) is 4.93. The number of carbonyl (C=O) groups is 1. The Hall–Kier alpha value is -1.92. The van der Waals surface area contributed by atoms with E-state index in [1.54, 1.807) is 0 Å². The first-order valence-electron chi connectivity index (χ1n) is 10.1. The van der Waals surface area contributed by atoms with Crippen molar-refractivity contribution in [3.8, 4) is 0 Å². The second-order valence-electron chi connectivity index (χ2n) is 8.44. The third kappa shape index (κ3) is 2.86. The van der Waals surface area contributed by atoms with Crippen molar-refractivity contribution < 1.29 is 14.3 Å². The molecule has 0 bridgehead atoms. The number of hydrogen-bond donors (Lipinski definition) is 0. The van der Waals surface area contributed by atoms with Crippen LogP contribution in [0.2, 0.25) is 0 Å². The van der Waals surface area contributed by atoms with Gasteiger partial charge in [-0.15, -0.1) is 0 Å². The standard InChI is InChI=1S/C21H27N3O3/c1-20(15-23-10-4-5-11-23)18(25)22-19(27-20)24-12-8-21(9-13-24)17-7-3-2-6-16(17)14-26-21/h2-3,6-7H,4-5,8-15H2,1H3. The van der Waals surface area contributed by atoms with Gasteiger partial charge in [0, 0.05) is 19.6 Å². The smallest absolute Gasteiger partial charge is 0.296 e. The minimum absolute atomic E-state index is 0.146. The van der Waals surface area contributed by atoms with Gasteiger partial charge < -0.3 is 14.4 Å². The lowest BCUT2D eigenvalue weighted by Crippen LogP contribution is -2.49. The number of ether oxygens (including phenoxy) is 2. The molecule has 1 aromatic rings. The largest absolute Gasteiger partial charge is 0.447 e. The Balaban J connectivity index is 1.25. The van der Waals surface area contributed by atoms with E-state index in [1.165, 1.54) is 24.0 Å². The zero-order chi connectivity index (χ0) is 18.5. The van der Waals surface area contributed by atoms with E-state index in [1.807, 2.05) is 6.92 Å². The van der Waals surface area contributed by atoms with Gasteiger partial charge in [-0.25, -0.2) is 0 Å². The number of piperidine rings is 1. The Bertz CT molecular complexity index is 779. The molecule has 0 N–H and O–H groups in total. The highest BCUT2D eigenvalue weighted by atomic mass is 16.5. The molecule has 5 rings (SSSR count). The van der Waals surface area contributed by atoms with Gasteiger partial charge in [0.2, 0.25) is 5.60 Å². The lowest BCUT2D eigenvalue weighted by atomic mass is 9.84. The van der Waals surface area contributed by atoms with Crippen LogP contribution in [-0.2, 0) is 26.5 Å². The molecule has 0 aliphatic carbocycles. The molecule has 4 aliphatic heterocycles. The van der Waals surface area contributed by atoms with Gasteiger partial charge in [-0.05, 0) is 56.8 Å². The van der Waals surface area contributed by atoms with Crippen molar-refractivity contribution in [3.05, 3.63) is 35.4 Å². The van der Waals surface area contributed by atoms with E-state index in [4.69, 9.17) is 9.47 Å². The van der Waals surface area contributed by atoms with Crippen LogP contribution < -0.4 is 0 Å². The van der Waals surface area contributed by atoms with E-state index >= 15 is 0 Å². The molecular weight excluding hydrogens is 342 g/mol. The number of benzene rings is 1. The van der Waals surface area contributed by atoms with Crippen LogP contribution >= 0.6 is 0 Å². The molecule has 27 heavy (non-hydrogen) atoms. The molecule has 2 saturated heterocycles. The Labute approximate surface area is 160 Å². The van der Waals surface area contributed by atoms with Crippen molar-refractivity contribution in [2.24, 2.45) is 4.99 Å². The maximum absolute atomic E-state index is 12.6. The van der Waals surface area contributed by atoms with E-state index in [2.05, 4.69) is 39.1 Å². The molecule has 6 heteroatoms. The molecule has 1 atom stereocenters. The third-order valence-corrected chi connectivity index (χ3v) is 6.54. The molecular formula is C21H27N3O3. The van der Waals surface area contributed by atoms with Crippen LogP contribution in [0.5, 0.6) is 0 Å². The van der Waals surface area contributed by atoms with Gasteiger partial charge in [-0.2, -0.15) is 4.99 Å². The SMILES string of the molecule is CC1(CN2CCCC2)OC(N2CCC3(CC2)OCc2ccccc23)=NC1=O. The Morgan fingerprint density at radius 3 is 2.63 bits per heavy atom. The second-order valence-corrected chi connectivity index (χ2v) is 8.44. The highest BCUT2D eigenvalue weighted by molar-refractivity contribution is 6.01. The summed E-state index contributed by atoms with van der Waals surface area (Å²) in [4.78, 5) is 21.3. The fraction of sp³-hybridized carbons (Fsp3) is 0.619. The number of amidine groups is 1. The average Bonchev–Trinajstić information content (AvgIpc) is 3.37. The molecule has 2 fully saturated rings. The summed E-state index contributed by atoms with van der Waals surface area (Å²) < 4.78 is 12.4. The van der Waals surface area contributed by atoms with Crippen LogP contribution in [0.4, 0.5) is 0 Å². The molecule has 6 nitrogen and oxygen atoms in total.